The summed E-state index contributed by atoms with van der Waals surface area (Å²) in [7, 11) is 1.78. The van der Waals surface area contributed by atoms with Crippen molar-refractivity contribution in [3.05, 3.63) is 64.2 Å². The fraction of sp³-hybridized carbons (Fsp3) is 0.118. The zero-order valence-corrected chi connectivity index (χ0v) is 12.9. The first-order chi connectivity index (χ1) is 11.0. The van der Waals surface area contributed by atoms with Crippen LogP contribution in [0.2, 0.25) is 0 Å². The number of rotatable bonds is 3. The molecule has 3 rings (SSSR count). The number of nitrogen functional groups attached to an aromatic ring is 1. The third-order valence-corrected chi connectivity index (χ3v) is 3.78. The van der Waals surface area contributed by atoms with E-state index in [1.165, 1.54) is 12.1 Å². The number of aromatic nitrogens is 2. The number of hydrogen-bond acceptors (Lipinski definition) is 4. The maximum Gasteiger partial charge on any atom is 0.269 e. The second kappa shape index (κ2) is 5.57. The third kappa shape index (κ3) is 2.66. The van der Waals surface area contributed by atoms with Crippen LogP contribution in [0.4, 0.5) is 11.5 Å². The van der Waals surface area contributed by atoms with E-state index < -0.39 is 4.92 Å². The Hall–Kier alpha value is -3.15. The van der Waals surface area contributed by atoms with Crippen molar-refractivity contribution in [1.29, 1.82) is 0 Å². The van der Waals surface area contributed by atoms with Crippen molar-refractivity contribution in [2.75, 3.05) is 5.73 Å². The van der Waals surface area contributed by atoms with E-state index in [1.54, 1.807) is 23.9 Å². The van der Waals surface area contributed by atoms with Crippen molar-refractivity contribution in [2.24, 2.45) is 7.05 Å². The SMILES string of the molecule is Cc1ccc(-c2nn(C)c(N)c2-c2ccc([N+](=O)[O-])cc2)cc1. The van der Waals surface area contributed by atoms with E-state index in [4.69, 9.17) is 5.73 Å². The first-order valence-electron chi connectivity index (χ1n) is 7.11. The van der Waals surface area contributed by atoms with Gasteiger partial charge in [-0.05, 0) is 24.6 Å². The van der Waals surface area contributed by atoms with Crippen LogP contribution in [0.3, 0.4) is 0 Å². The molecule has 6 nitrogen and oxygen atoms in total. The van der Waals surface area contributed by atoms with Gasteiger partial charge in [0.2, 0.25) is 0 Å². The molecule has 0 bridgehead atoms. The summed E-state index contributed by atoms with van der Waals surface area (Å²) in [6, 6.07) is 14.4. The molecular weight excluding hydrogens is 292 g/mol. The third-order valence-electron chi connectivity index (χ3n) is 3.78. The molecule has 0 aliphatic rings. The van der Waals surface area contributed by atoms with Crippen LogP contribution in [0.25, 0.3) is 22.4 Å². The van der Waals surface area contributed by atoms with E-state index in [1.807, 2.05) is 31.2 Å². The van der Waals surface area contributed by atoms with E-state index in [0.717, 1.165) is 27.9 Å². The molecule has 1 aromatic heterocycles. The van der Waals surface area contributed by atoms with Gasteiger partial charge in [-0.25, -0.2) is 0 Å². The van der Waals surface area contributed by atoms with Crippen molar-refractivity contribution in [3.63, 3.8) is 0 Å². The molecule has 6 heteroatoms. The van der Waals surface area contributed by atoms with Gasteiger partial charge in [0.25, 0.3) is 5.69 Å². The monoisotopic (exact) mass is 308 g/mol. The Labute approximate surface area is 133 Å². The lowest BCUT2D eigenvalue weighted by molar-refractivity contribution is -0.384. The highest BCUT2D eigenvalue weighted by molar-refractivity contribution is 5.88. The largest absolute Gasteiger partial charge is 0.383 e. The number of nitrogens with zero attached hydrogens (tertiary/aromatic N) is 3. The van der Waals surface area contributed by atoms with Crippen molar-refractivity contribution >= 4 is 11.5 Å². The van der Waals surface area contributed by atoms with Crippen LogP contribution in [-0.4, -0.2) is 14.7 Å². The van der Waals surface area contributed by atoms with Gasteiger partial charge in [-0.1, -0.05) is 29.8 Å². The zero-order chi connectivity index (χ0) is 16.6. The Bertz CT molecular complexity index is 865. The second-order valence-electron chi connectivity index (χ2n) is 5.40. The van der Waals surface area contributed by atoms with Crippen molar-refractivity contribution in [1.82, 2.24) is 9.78 Å². The molecule has 2 aromatic carbocycles. The van der Waals surface area contributed by atoms with E-state index in [0.29, 0.717) is 5.82 Å². The molecule has 23 heavy (non-hydrogen) atoms. The van der Waals surface area contributed by atoms with Crippen LogP contribution >= 0.6 is 0 Å². The smallest absolute Gasteiger partial charge is 0.269 e. The summed E-state index contributed by atoms with van der Waals surface area (Å²) in [4.78, 5) is 10.4. The summed E-state index contributed by atoms with van der Waals surface area (Å²) >= 11 is 0. The number of anilines is 1. The Kier molecular flexibility index (Phi) is 3.57. The van der Waals surface area contributed by atoms with Gasteiger partial charge in [-0.3, -0.25) is 14.8 Å². The highest BCUT2D eigenvalue weighted by atomic mass is 16.6. The minimum Gasteiger partial charge on any atom is -0.383 e. The molecule has 116 valence electrons. The first kappa shape index (κ1) is 14.8. The predicted molar refractivity (Wildman–Crippen MR) is 89.9 cm³/mol. The summed E-state index contributed by atoms with van der Waals surface area (Å²) in [6.45, 7) is 2.02. The summed E-state index contributed by atoms with van der Waals surface area (Å²) in [6.07, 6.45) is 0. The Morgan fingerprint density at radius 2 is 1.61 bits per heavy atom. The average molecular weight is 308 g/mol. The van der Waals surface area contributed by atoms with Crippen LogP contribution in [0.5, 0.6) is 0 Å². The predicted octanol–water partition coefficient (Wildman–Crippen LogP) is 3.55. The van der Waals surface area contributed by atoms with Crippen LogP contribution in [-0.2, 0) is 7.05 Å². The molecule has 0 fully saturated rings. The number of benzene rings is 2. The molecule has 3 aromatic rings. The Balaban J connectivity index is 2.15. The molecule has 1 heterocycles. The normalized spacial score (nSPS) is 10.7. The fourth-order valence-corrected chi connectivity index (χ4v) is 2.48. The second-order valence-corrected chi connectivity index (χ2v) is 5.40. The average Bonchev–Trinajstić information content (AvgIpc) is 2.84. The lowest BCUT2D eigenvalue weighted by Gasteiger charge is -2.05. The van der Waals surface area contributed by atoms with Crippen LogP contribution in [0.1, 0.15) is 5.56 Å². The number of nitro benzene ring substituents is 1. The van der Waals surface area contributed by atoms with Crippen LogP contribution < -0.4 is 5.73 Å². The van der Waals surface area contributed by atoms with Crippen LogP contribution in [0.15, 0.2) is 48.5 Å². The molecule has 0 radical (unpaired) electrons. The lowest BCUT2D eigenvalue weighted by Crippen LogP contribution is -1.98. The number of aryl methyl sites for hydroxylation is 2. The van der Waals surface area contributed by atoms with Gasteiger partial charge >= 0.3 is 0 Å². The van der Waals surface area contributed by atoms with Gasteiger partial charge in [0.05, 0.1) is 10.5 Å². The molecular formula is C17H16N4O2. The van der Waals surface area contributed by atoms with Gasteiger partial charge in [-0.2, -0.15) is 5.10 Å². The Morgan fingerprint density at radius 1 is 1.04 bits per heavy atom. The molecule has 2 N–H and O–H groups in total. The van der Waals surface area contributed by atoms with Crippen molar-refractivity contribution in [3.8, 4) is 22.4 Å². The number of non-ortho nitro benzene ring substituents is 1. The van der Waals surface area contributed by atoms with Gasteiger partial charge < -0.3 is 5.73 Å². The summed E-state index contributed by atoms with van der Waals surface area (Å²) < 4.78 is 1.62. The van der Waals surface area contributed by atoms with Crippen LogP contribution in [0, 0.1) is 17.0 Å². The minimum absolute atomic E-state index is 0.0492. The lowest BCUT2D eigenvalue weighted by atomic mass is 10.00. The van der Waals surface area contributed by atoms with E-state index in [2.05, 4.69) is 5.10 Å². The van der Waals surface area contributed by atoms with Gasteiger partial charge in [0.1, 0.15) is 11.5 Å². The minimum atomic E-state index is -0.419. The highest BCUT2D eigenvalue weighted by Crippen LogP contribution is 2.36. The first-order valence-corrected chi connectivity index (χ1v) is 7.11. The van der Waals surface area contributed by atoms with E-state index >= 15 is 0 Å². The quantitative estimate of drug-likeness (QED) is 0.592. The van der Waals surface area contributed by atoms with Gasteiger partial charge in [0, 0.05) is 24.7 Å². The number of nitro groups is 1. The molecule has 0 saturated carbocycles. The molecule has 0 atom stereocenters. The van der Waals surface area contributed by atoms with E-state index in [-0.39, 0.29) is 5.69 Å². The molecule has 0 saturated heterocycles. The van der Waals surface area contributed by atoms with Crippen molar-refractivity contribution < 1.29 is 4.92 Å². The standard InChI is InChI=1S/C17H16N4O2/c1-11-3-5-13(6-4-11)16-15(17(18)20(2)19-16)12-7-9-14(10-8-12)21(22)23/h3-10H,18H2,1-2H3. The number of hydrogen-bond donors (Lipinski definition) is 1. The zero-order valence-electron chi connectivity index (χ0n) is 12.9. The molecule has 0 spiro atoms. The maximum atomic E-state index is 10.8. The van der Waals surface area contributed by atoms with Gasteiger partial charge in [-0.15, -0.1) is 0 Å². The van der Waals surface area contributed by atoms with Gasteiger partial charge in [0.15, 0.2) is 0 Å². The molecule has 0 aliphatic carbocycles. The van der Waals surface area contributed by atoms with E-state index in [9.17, 15) is 10.1 Å². The summed E-state index contributed by atoms with van der Waals surface area (Å²) in [5, 5.41) is 15.3. The molecule has 0 aliphatic heterocycles. The molecule has 0 unspecified atom stereocenters. The highest BCUT2D eigenvalue weighted by Gasteiger charge is 2.18. The Morgan fingerprint density at radius 3 is 2.17 bits per heavy atom. The maximum absolute atomic E-state index is 10.8. The topological polar surface area (TPSA) is 87.0 Å². The fourth-order valence-electron chi connectivity index (χ4n) is 2.48. The number of nitrogens with two attached hydrogens (primary N) is 1. The summed E-state index contributed by atoms with van der Waals surface area (Å²) in [5.41, 5.74) is 10.7. The van der Waals surface area contributed by atoms with Crippen molar-refractivity contribution in [2.45, 2.75) is 6.92 Å². The summed E-state index contributed by atoms with van der Waals surface area (Å²) in [5.74, 6) is 0.523. The molecule has 0 amide bonds.